The molecule has 0 aliphatic carbocycles. The van der Waals surface area contributed by atoms with Crippen molar-refractivity contribution >= 4 is 28.4 Å². The summed E-state index contributed by atoms with van der Waals surface area (Å²) in [5.74, 6) is 2.60. The molecule has 4 aromatic rings. The van der Waals surface area contributed by atoms with Crippen molar-refractivity contribution in [2.45, 2.75) is 19.6 Å². The number of aryl methyl sites for hydroxylation is 1. The zero-order valence-electron chi connectivity index (χ0n) is 16.3. The highest BCUT2D eigenvalue weighted by atomic mass is 32.2. The maximum Gasteiger partial charge on any atom is 0.236 e. The van der Waals surface area contributed by atoms with Crippen LogP contribution >= 0.6 is 11.8 Å². The fraction of sp³-hybridized carbons (Fsp3) is 0.227. The van der Waals surface area contributed by atoms with Crippen molar-refractivity contribution in [3.63, 3.8) is 0 Å². The number of hydrogen-bond acceptors (Lipinski definition) is 6. The largest absolute Gasteiger partial charge is 0.493 e. The van der Waals surface area contributed by atoms with E-state index >= 15 is 0 Å². The summed E-state index contributed by atoms with van der Waals surface area (Å²) in [6.45, 7) is 4.42. The lowest BCUT2D eigenvalue weighted by Gasteiger charge is -2.05. The molecule has 0 spiro atoms. The number of Topliss-reactive ketones (excluding diaryl/α,β-unsaturated/α-hetero) is 1. The third kappa shape index (κ3) is 4.05. The van der Waals surface area contributed by atoms with E-state index in [0.717, 1.165) is 33.5 Å². The Hall–Kier alpha value is -3.06. The number of para-hydroxylation sites is 2. The molecule has 0 saturated carbocycles. The van der Waals surface area contributed by atoms with Gasteiger partial charge in [0.15, 0.2) is 5.78 Å². The lowest BCUT2D eigenvalue weighted by Crippen LogP contribution is -2.04. The first kappa shape index (κ1) is 19.3. The summed E-state index contributed by atoms with van der Waals surface area (Å²) < 4.78 is 11.0. The van der Waals surface area contributed by atoms with E-state index in [-0.39, 0.29) is 5.78 Å². The number of nitrogens with one attached hydrogen (secondary N) is 1. The van der Waals surface area contributed by atoms with Gasteiger partial charge in [-0.3, -0.25) is 4.79 Å². The Kier molecular flexibility index (Phi) is 5.67. The minimum absolute atomic E-state index is 0.0892. The number of hydrogen-bond donors (Lipinski definition) is 1. The summed E-state index contributed by atoms with van der Waals surface area (Å²) in [4.78, 5) is 20.5. The molecule has 0 atom stereocenters. The fourth-order valence-corrected chi connectivity index (χ4v) is 4.02. The van der Waals surface area contributed by atoms with Gasteiger partial charge in [-0.1, -0.05) is 35.5 Å². The molecule has 0 radical (unpaired) electrons. The molecular weight excluding hydrogens is 386 g/mol. The first-order valence-corrected chi connectivity index (χ1v) is 10.6. The number of benzene rings is 2. The van der Waals surface area contributed by atoms with E-state index in [1.165, 1.54) is 11.8 Å². The zero-order chi connectivity index (χ0) is 20.2. The predicted molar refractivity (Wildman–Crippen MR) is 114 cm³/mol. The highest BCUT2D eigenvalue weighted by Crippen LogP contribution is 2.28. The number of ether oxygens (including phenoxy) is 1. The molecule has 29 heavy (non-hydrogen) atoms. The van der Waals surface area contributed by atoms with Crippen LogP contribution in [0.5, 0.6) is 5.75 Å². The lowest BCUT2D eigenvalue weighted by molar-refractivity contribution is 0.102. The molecular formula is C22H21N3O3S. The van der Waals surface area contributed by atoms with E-state index in [1.807, 2.05) is 62.4 Å². The maximum absolute atomic E-state index is 12.8. The van der Waals surface area contributed by atoms with Crippen LogP contribution in [0, 0.1) is 6.92 Å². The number of aromatic nitrogens is 3. The monoisotopic (exact) mass is 407 g/mol. The van der Waals surface area contributed by atoms with E-state index in [0.29, 0.717) is 29.8 Å². The first-order valence-electron chi connectivity index (χ1n) is 9.40. The Labute approximate surface area is 172 Å². The van der Waals surface area contributed by atoms with Gasteiger partial charge < -0.3 is 14.2 Å². The molecule has 2 aromatic carbocycles. The Morgan fingerprint density at radius 3 is 2.83 bits per heavy atom. The molecule has 0 saturated heterocycles. The van der Waals surface area contributed by atoms with Crippen molar-refractivity contribution in [3.8, 4) is 17.1 Å². The van der Waals surface area contributed by atoms with Crippen LogP contribution in [0.15, 0.2) is 53.1 Å². The predicted octanol–water partition coefficient (Wildman–Crippen LogP) is 5.04. The molecule has 2 heterocycles. The summed E-state index contributed by atoms with van der Waals surface area (Å²) in [6, 6.07) is 15.4. The molecule has 148 valence electrons. The third-order valence-electron chi connectivity index (χ3n) is 4.53. The smallest absolute Gasteiger partial charge is 0.236 e. The lowest BCUT2D eigenvalue weighted by atomic mass is 10.1. The number of thioether (sulfide) groups is 1. The second-order valence-electron chi connectivity index (χ2n) is 6.53. The zero-order valence-corrected chi connectivity index (χ0v) is 17.1. The Bertz CT molecular complexity index is 1150. The first-order chi connectivity index (χ1) is 14.2. The Balaban J connectivity index is 1.42. The average molecular weight is 407 g/mol. The molecule has 1 N–H and O–H groups in total. The van der Waals surface area contributed by atoms with Gasteiger partial charge in [0.1, 0.15) is 5.75 Å². The summed E-state index contributed by atoms with van der Waals surface area (Å²) in [6.07, 6.45) is 0. The van der Waals surface area contributed by atoms with Gasteiger partial charge >= 0.3 is 0 Å². The molecule has 0 aliphatic heterocycles. The van der Waals surface area contributed by atoms with Crippen LogP contribution in [-0.4, -0.2) is 33.3 Å². The van der Waals surface area contributed by atoms with Crippen molar-refractivity contribution in [1.82, 2.24) is 15.1 Å². The third-order valence-corrected chi connectivity index (χ3v) is 5.44. The topological polar surface area (TPSA) is 81.0 Å². The molecule has 6 nitrogen and oxygen atoms in total. The van der Waals surface area contributed by atoms with Gasteiger partial charge in [0.25, 0.3) is 0 Å². The van der Waals surface area contributed by atoms with E-state index in [4.69, 9.17) is 9.26 Å². The number of ketones is 1. The van der Waals surface area contributed by atoms with Gasteiger partial charge in [-0.05, 0) is 32.0 Å². The van der Waals surface area contributed by atoms with Crippen molar-refractivity contribution in [1.29, 1.82) is 0 Å². The number of H-pyrrole nitrogens is 1. The SMILES string of the molecule is CCOc1ccccc1-c1noc(CSCC(=O)c2c(C)[nH]c3ccccc23)n1. The highest BCUT2D eigenvalue weighted by molar-refractivity contribution is 7.99. The summed E-state index contributed by atoms with van der Waals surface area (Å²) in [7, 11) is 0. The number of aromatic amines is 1. The molecule has 0 aliphatic rings. The summed E-state index contributed by atoms with van der Waals surface area (Å²) in [5.41, 5.74) is 3.42. The minimum Gasteiger partial charge on any atom is -0.493 e. The normalized spacial score (nSPS) is 11.1. The molecule has 0 fully saturated rings. The number of carbonyl (C=O) groups is 1. The molecule has 0 unspecified atom stereocenters. The molecule has 0 bridgehead atoms. The van der Waals surface area contributed by atoms with Gasteiger partial charge in [0.05, 0.1) is 23.7 Å². The van der Waals surface area contributed by atoms with Gasteiger partial charge in [0, 0.05) is 22.2 Å². The second kappa shape index (κ2) is 8.53. The van der Waals surface area contributed by atoms with Gasteiger partial charge in [-0.2, -0.15) is 4.98 Å². The Morgan fingerprint density at radius 1 is 1.17 bits per heavy atom. The van der Waals surface area contributed by atoms with Crippen molar-refractivity contribution in [2.75, 3.05) is 12.4 Å². The number of nitrogens with zero attached hydrogens (tertiary/aromatic N) is 2. The summed E-state index contributed by atoms with van der Waals surface area (Å²) >= 11 is 1.46. The van der Waals surface area contributed by atoms with Crippen LogP contribution in [-0.2, 0) is 5.75 Å². The van der Waals surface area contributed by atoms with Crippen LogP contribution in [0.3, 0.4) is 0 Å². The summed E-state index contributed by atoms with van der Waals surface area (Å²) in [5, 5.41) is 5.02. The number of rotatable bonds is 8. The van der Waals surface area contributed by atoms with Crippen LogP contribution in [0.1, 0.15) is 28.9 Å². The maximum atomic E-state index is 12.8. The van der Waals surface area contributed by atoms with Crippen molar-refractivity contribution in [3.05, 3.63) is 65.7 Å². The van der Waals surface area contributed by atoms with Crippen LogP contribution in [0.2, 0.25) is 0 Å². The van der Waals surface area contributed by atoms with Crippen LogP contribution in [0.25, 0.3) is 22.3 Å². The average Bonchev–Trinajstić information content (AvgIpc) is 3.32. The van der Waals surface area contributed by atoms with E-state index in [1.54, 1.807) is 0 Å². The Morgan fingerprint density at radius 2 is 1.97 bits per heavy atom. The van der Waals surface area contributed by atoms with Crippen LogP contribution in [0.4, 0.5) is 0 Å². The second-order valence-corrected chi connectivity index (χ2v) is 7.51. The molecule has 0 amide bonds. The minimum atomic E-state index is 0.0892. The fourth-order valence-electron chi connectivity index (χ4n) is 3.29. The standard InChI is InChI=1S/C22H21N3O3S/c1-3-27-19-11-7-5-9-16(19)22-24-20(28-25-22)13-29-12-18(26)21-14(2)23-17-10-6-4-8-15(17)21/h4-11,23H,3,12-13H2,1-2H3. The van der Waals surface area contributed by atoms with Gasteiger partial charge in [-0.25, -0.2) is 0 Å². The van der Waals surface area contributed by atoms with Gasteiger partial charge in [0.2, 0.25) is 11.7 Å². The van der Waals surface area contributed by atoms with E-state index in [2.05, 4.69) is 15.1 Å². The molecule has 7 heteroatoms. The number of fused-ring (bicyclic) bond motifs is 1. The van der Waals surface area contributed by atoms with Crippen LogP contribution < -0.4 is 4.74 Å². The number of carbonyl (C=O) groups excluding carboxylic acids is 1. The van der Waals surface area contributed by atoms with E-state index in [9.17, 15) is 4.79 Å². The molecule has 4 rings (SSSR count). The van der Waals surface area contributed by atoms with Gasteiger partial charge in [-0.15, -0.1) is 11.8 Å². The van der Waals surface area contributed by atoms with Crippen molar-refractivity contribution < 1.29 is 14.1 Å². The van der Waals surface area contributed by atoms with Crippen molar-refractivity contribution in [2.24, 2.45) is 0 Å². The highest BCUT2D eigenvalue weighted by Gasteiger charge is 2.17. The molecule has 2 aromatic heterocycles. The van der Waals surface area contributed by atoms with E-state index < -0.39 is 0 Å². The quantitative estimate of drug-likeness (QED) is 0.412.